The molecule has 0 aliphatic heterocycles. The highest BCUT2D eigenvalue weighted by atomic mass is 127. The number of hydrogen-bond donors (Lipinski definition) is 0. The number of halogens is 2. The summed E-state index contributed by atoms with van der Waals surface area (Å²) in [5, 5.41) is -0.311. The molecule has 0 aromatic heterocycles. The zero-order valence-electron chi connectivity index (χ0n) is 5.68. The van der Waals surface area contributed by atoms with Crippen LogP contribution in [0.4, 0.5) is 0 Å². The van der Waals surface area contributed by atoms with Crippen molar-refractivity contribution in [3.63, 3.8) is 0 Å². The van der Waals surface area contributed by atoms with Crippen LogP contribution < -0.4 is 0 Å². The normalized spacial score (nSPS) is 9.64. The Labute approximate surface area is 83.9 Å². The summed E-state index contributed by atoms with van der Waals surface area (Å²) in [4.78, 5) is 10.5. The van der Waals surface area contributed by atoms with Crippen LogP contribution in [0, 0.1) is 3.57 Å². The molecule has 0 atom stereocenters. The quantitative estimate of drug-likeness (QED) is 0.601. The van der Waals surface area contributed by atoms with E-state index in [0.717, 1.165) is 9.13 Å². The van der Waals surface area contributed by atoms with Crippen molar-refractivity contribution in [2.75, 3.05) is 0 Å². The van der Waals surface area contributed by atoms with Crippen LogP contribution in [0.3, 0.4) is 0 Å². The topological polar surface area (TPSA) is 17.1 Å². The van der Waals surface area contributed by atoms with Crippen LogP contribution in [-0.2, 0) is 11.2 Å². The highest BCUT2D eigenvalue weighted by Crippen LogP contribution is 2.12. The van der Waals surface area contributed by atoms with Crippen LogP contribution in [0.2, 0.25) is 0 Å². The average Bonchev–Trinajstić information content (AvgIpc) is 1.93. The minimum atomic E-state index is -0.311. The SMILES string of the molecule is O=C(Cl)Cc1ccccc1I. The molecule has 0 radical (unpaired) electrons. The van der Waals surface area contributed by atoms with Gasteiger partial charge in [-0.25, -0.2) is 0 Å². The smallest absolute Gasteiger partial charge is 0.226 e. The number of benzene rings is 1. The van der Waals surface area contributed by atoms with Gasteiger partial charge in [0.05, 0.1) is 0 Å². The second kappa shape index (κ2) is 4.07. The number of rotatable bonds is 2. The fourth-order valence-electron chi connectivity index (χ4n) is 0.791. The van der Waals surface area contributed by atoms with Gasteiger partial charge < -0.3 is 0 Å². The minimum absolute atomic E-state index is 0.311. The Morgan fingerprint density at radius 1 is 1.45 bits per heavy atom. The van der Waals surface area contributed by atoms with Crippen molar-refractivity contribution in [1.29, 1.82) is 0 Å². The molecule has 58 valence electrons. The predicted octanol–water partition coefficient (Wildman–Crippen LogP) is 2.60. The molecule has 1 nitrogen and oxygen atoms in total. The molecule has 0 fully saturated rings. The van der Waals surface area contributed by atoms with Crippen LogP contribution in [0.15, 0.2) is 24.3 Å². The van der Waals surface area contributed by atoms with Crippen molar-refractivity contribution in [2.45, 2.75) is 6.42 Å². The van der Waals surface area contributed by atoms with E-state index in [4.69, 9.17) is 11.6 Å². The maximum absolute atomic E-state index is 10.5. The van der Waals surface area contributed by atoms with E-state index in [1.807, 2.05) is 24.3 Å². The molecule has 0 saturated heterocycles. The standard InChI is InChI=1S/C8H6ClIO/c9-8(11)5-6-3-1-2-4-7(6)10/h1-4H,5H2. The summed E-state index contributed by atoms with van der Waals surface area (Å²) in [5.41, 5.74) is 0.994. The Balaban J connectivity index is 2.86. The molecule has 11 heavy (non-hydrogen) atoms. The van der Waals surface area contributed by atoms with Crippen molar-refractivity contribution >= 4 is 39.4 Å². The molecule has 0 spiro atoms. The number of hydrogen-bond acceptors (Lipinski definition) is 1. The van der Waals surface area contributed by atoms with Gasteiger partial charge in [-0.1, -0.05) is 18.2 Å². The molecule has 0 saturated carbocycles. The van der Waals surface area contributed by atoms with E-state index in [2.05, 4.69) is 22.6 Å². The van der Waals surface area contributed by atoms with Gasteiger partial charge in [0, 0.05) is 9.99 Å². The summed E-state index contributed by atoms with van der Waals surface area (Å²) < 4.78 is 1.08. The van der Waals surface area contributed by atoms with Crippen LogP contribution in [0.5, 0.6) is 0 Å². The van der Waals surface area contributed by atoms with E-state index in [0.29, 0.717) is 6.42 Å². The van der Waals surface area contributed by atoms with E-state index in [1.165, 1.54) is 0 Å². The first-order valence-corrected chi connectivity index (χ1v) is 4.57. The molecule has 0 bridgehead atoms. The van der Waals surface area contributed by atoms with Crippen molar-refractivity contribution in [3.8, 4) is 0 Å². The molecule has 0 aliphatic carbocycles. The van der Waals surface area contributed by atoms with Gasteiger partial charge in [-0.3, -0.25) is 4.79 Å². The lowest BCUT2D eigenvalue weighted by atomic mass is 10.2. The number of carbonyl (C=O) groups excluding carboxylic acids is 1. The van der Waals surface area contributed by atoms with Gasteiger partial charge in [0.2, 0.25) is 5.24 Å². The van der Waals surface area contributed by atoms with Gasteiger partial charge in [-0.2, -0.15) is 0 Å². The first kappa shape index (κ1) is 9.00. The van der Waals surface area contributed by atoms with E-state index in [1.54, 1.807) is 0 Å². The third-order valence-corrected chi connectivity index (χ3v) is 2.47. The summed E-state index contributed by atoms with van der Waals surface area (Å²) in [6, 6.07) is 7.69. The monoisotopic (exact) mass is 280 g/mol. The zero-order valence-corrected chi connectivity index (χ0v) is 8.59. The molecule has 0 amide bonds. The summed E-state index contributed by atoms with van der Waals surface area (Å²) in [7, 11) is 0. The second-order valence-corrected chi connectivity index (χ2v) is 3.71. The lowest BCUT2D eigenvalue weighted by molar-refractivity contribution is -0.111. The largest absolute Gasteiger partial charge is 0.281 e. The lowest BCUT2D eigenvalue weighted by Gasteiger charge is -1.98. The summed E-state index contributed by atoms with van der Waals surface area (Å²) >= 11 is 7.42. The summed E-state index contributed by atoms with van der Waals surface area (Å²) in [6.45, 7) is 0. The van der Waals surface area contributed by atoms with Crippen LogP contribution in [0.25, 0.3) is 0 Å². The molecule has 0 heterocycles. The van der Waals surface area contributed by atoms with Gasteiger partial charge >= 0.3 is 0 Å². The Bertz CT molecular complexity index is 273. The van der Waals surface area contributed by atoms with E-state index < -0.39 is 0 Å². The first-order valence-electron chi connectivity index (χ1n) is 3.12. The van der Waals surface area contributed by atoms with Crippen molar-refractivity contribution in [1.82, 2.24) is 0 Å². The van der Waals surface area contributed by atoms with Gasteiger partial charge in [0.1, 0.15) is 0 Å². The fraction of sp³-hybridized carbons (Fsp3) is 0.125. The summed E-state index contributed by atoms with van der Waals surface area (Å²) in [5.74, 6) is 0. The maximum atomic E-state index is 10.5. The van der Waals surface area contributed by atoms with Crippen molar-refractivity contribution in [2.24, 2.45) is 0 Å². The van der Waals surface area contributed by atoms with Crippen LogP contribution in [-0.4, -0.2) is 5.24 Å². The zero-order chi connectivity index (χ0) is 8.27. The first-order chi connectivity index (χ1) is 5.20. The van der Waals surface area contributed by atoms with E-state index >= 15 is 0 Å². The minimum Gasteiger partial charge on any atom is -0.281 e. The van der Waals surface area contributed by atoms with Crippen LogP contribution >= 0.6 is 34.2 Å². The van der Waals surface area contributed by atoms with Crippen LogP contribution in [0.1, 0.15) is 5.56 Å². The Hall–Kier alpha value is -0.0900. The molecular weight excluding hydrogens is 274 g/mol. The number of carbonyl (C=O) groups is 1. The molecule has 0 N–H and O–H groups in total. The summed E-state index contributed by atoms with van der Waals surface area (Å²) in [6.07, 6.45) is 0.320. The molecule has 3 heteroatoms. The molecular formula is C8H6ClIO. The molecule has 1 aromatic carbocycles. The Morgan fingerprint density at radius 3 is 2.64 bits per heavy atom. The Kier molecular flexibility index (Phi) is 3.33. The third-order valence-electron chi connectivity index (χ3n) is 1.29. The van der Waals surface area contributed by atoms with Crippen molar-refractivity contribution < 1.29 is 4.79 Å². The molecule has 1 rings (SSSR count). The van der Waals surface area contributed by atoms with Gasteiger partial charge in [-0.05, 0) is 45.8 Å². The van der Waals surface area contributed by atoms with Gasteiger partial charge in [-0.15, -0.1) is 0 Å². The van der Waals surface area contributed by atoms with Gasteiger partial charge in [0.15, 0.2) is 0 Å². The fourth-order valence-corrected chi connectivity index (χ4v) is 1.51. The molecule has 1 aromatic rings. The lowest BCUT2D eigenvalue weighted by Crippen LogP contribution is -1.95. The molecule has 0 aliphatic rings. The maximum Gasteiger partial charge on any atom is 0.226 e. The molecule has 0 unspecified atom stereocenters. The highest BCUT2D eigenvalue weighted by Gasteiger charge is 2.01. The van der Waals surface area contributed by atoms with E-state index in [-0.39, 0.29) is 5.24 Å². The second-order valence-electron chi connectivity index (χ2n) is 2.12. The predicted molar refractivity (Wildman–Crippen MR) is 53.7 cm³/mol. The van der Waals surface area contributed by atoms with Gasteiger partial charge in [0.25, 0.3) is 0 Å². The Morgan fingerprint density at radius 2 is 2.09 bits per heavy atom. The average molecular weight is 280 g/mol. The van der Waals surface area contributed by atoms with Crippen molar-refractivity contribution in [3.05, 3.63) is 33.4 Å². The van der Waals surface area contributed by atoms with E-state index in [9.17, 15) is 4.79 Å². The highest BCUT2D eigenvalue weighted by molar-refractivity contribution is 14.1. The third kappa shape index (κ3) is 2.79.